The molecule has 1 saturated carbocycles. The van der Waals surface area contributed by atoms with Crippen LogP contribution >= 0.6 is 0 Å². The molecule has 0 radical (unpaired) electrons. The zero-order chi connectivity index (χ0) is 15.6. The van der Waals surface area contributed by atoms with E-state index in [9.17, 15) is 17.4 Å². The van der Waals surface area contributed by atoms with Crippen LogP contribution in [0.25, 0.3) is 0 Å². The number of alkyl halides is 3. The van der Waals surface area contributed by atoms with E-state index in [0.717, 1.165) is 23.8 Å². The van der Waals surface area contributed by atoms with Crippen LogP contribution in [0.15, 0.2) is 22.6 Å². The third-order valence-electron chi connectivity index (χ3n) is 3.90. The summed E-state index contributed by atoms with van der Waals surface area (Å²) in [4.78, 5) is 0. The van der Waals surface area contributed by atoms with Gasteiger partial charge in [0.15, 0.2) is 0 Å². The van der Waals surface area contributed by atoms with E-state index in [4.69, 9.17) is 0 Å². The van der Waals surface area contributed by atoms with E-state index in [0.29, 0.717) is 5.56 Å². The maximum Gasteiger partial charge on any atom is 0.416 e. The van der Waals surface area contributed by atoms with Gasteiger partial charge in [0.25, 0.3) is 0 Å². The highest BCUT2D eigenvalue weighted by atomic mass is 32.2. The SMILES string of the molecule is CC(C)(C)[S@@](=O)/N=C1\c2ccc(C(F)(F)F)cc2[C@@H]2C[C@H]12. The number of rotatable bonds is 1. The number of hydrogen-bond donors (Lipinski definition) is 0. The minimum absolute atomic E-state index is 0.123. The number of fused-ring (bicyclic) bond motifs is 3. The largest absolute Gasteiger partial charge is 0.416 e. The molecule has 2 aliphatic carbocycles. The zero-order valence-electron chi connectivity index (χ0n) is 12.0. The van der Waals surface area contributed by atoms with E-state index in [1.165, 1.54) is 12.1 Å². The van der Waals surface area contributed by atoms with E-state index in [1.807, 2.05) is 20.8 Å². The molecule has 0 aromatic heterocycles. The average molecular weight is 315 g/mol. The van der Waals surface area contributed by atoms with Crippen molar-refractivity contribution in [3.63, 3.8) is 0 Å². The summed E-state index contributed by atoms with van der Waals surface area (Å²) in [5, 5.41) is 0. The maximum absolute atomic E-state index is 12.8. The quantitative estimate of drug-likeness (QED) is 0.768. The van der Waals surface area contributed by atoms with E-state index in [-0.39, 0.29) is 11.8 Å². The zero-order valence-corrected chi connectivity index (χ0v) is 12.8. The molecular weight excluding hydrogens is 299 g/mol. The first-order valence-corrected chi connectivity index (χ1v) is 7.92. The fraction of sp³-hybridized carbons (Fsp3) is 0.533. The predicted molar refractivity (Wildman–Crippen MR) is 76.7 cm³/mol. The third-order valence-corrected chi connectivity index (χ3v) is 5.31. The third kappa shape index (κ3) is 2.54. The highest BCUT2D eigenvalue weighted by Gasteiger charge is 2.51. The molecule has 3 atom stereocenters. The monoisotopic (exact) mass is 315 g/mol. The van der Waals surface area contributed by atoms with E-state index >= 15 is 0 Å². The molecule has 1 aromatic rings. The van der Waals surface area contributed by atoms with Crippen molar-refractivity contribution in [1.29, 1.82) is 0 Å². The number of hydrogen-bond acceptors (Lipinski definition) is 1. The molecule has 0 heterocycles. The molecule has 0 saturated heterocycles. The standard InChI is InChI=1S/C15H16F3NOS/c1-14(2,3)21(20)19-13-9-5-4-8(15(16,17)18)6-10(9)11-7-12(11)13/h4-6,11-12H,7H2,1-3H3/b19-13+/t11-,12-,21+/m0/s1. The molecule has 114 valence electrons. The van der Waals surface area contributed by atoms with Crippen molar-refractivity contribution in [3.8, 4) is 0 Å². The summed E-state index contributed by atoms with van der Waals surface area (Å²) < 4.78 is 54.4. The molecule has 2 nitrogen and oxygen atoms in total. The second-order valence-corrected chi connectivity index (χ2v) is 8.49. The van der Waals surface area contributed by atoms with Crippen LogP contribution in [0, 0.1) is 5.92 Å². The molecule has 21 heavy (non-hydrogen) atoms. The molecule has 0 bridgehead atoms. The highest BCUT2D eigenvalue weighted by molar-refractivity contribution is 7.85. The number of benzene rings is 1. The van der Waals surface area contributed by atoms with Crippen LogP contribution in [0.1, 0.15) is 49.8 Å². The Labute approximate surface area is 124 Å². The fourth-order valence-electron chi connectivity index (χ4n) is 2.66. The molecule has 6 heteroatoms. The average Bonchev–Trinajstić information content (AvgIpc) is 3.07. The van der Waals surface area contributed by atoms with Crippen LogP contribution in [0.5, 0.6) is 0 Å². The van der Waals surface area contributed by atoms with Gasteiger partial charge in [-0.1, -0.05) is 6.07 Å². The lowest BCUT2D eigenvalue weighted by Crippen LogP contribution is -2.21. The molecule has 0 amide bonds. The van der Waals surface area contributed by atoms with E-state index in [2.05, 4.69) is 4.40 Å². The van der Waals surface area contributed by atoms with Gasteiger partial charge in [0.2, 0.25) is 0 Å². The van der Waals surface area contributed by atoms with Gasteiger partial charge in [-0.25, -0.2) is 4.21 Å². The van der Waals surface area contributed by atoms with E-state index < -0.39 is 27.5 Å². The van der Waals surface area contributed by atoms with Gasteiger partial charge < -0.3 is 0 Å². The van der Waals surface area contributed by atoms with E-state index in [1.54, 1.807) is 0 Å². The Morgan fingerprint density at radius 1 is 1.19 bits per heavy atom. The Bertz CT molecular complexity index is 658. The number of nitrogens with zero attached hydrogens (tertiary/aromatic N) is 1. The van der Waals surface area contributed by atoms with Gasteiger partial charge in [-0.15, -0.1) is 0 Å². The van der Waals surface area contributed by atoms with Crippen molar-refractivity contribution in [2.45, 2.75) is 44.0 Å². The molecule has 0 N–H and O–H groups in total. The van der Waals surface area contributed by atoms with Crippen molar-refractivity contribution in [1.82, 2.24) is 0 Å². The summed E-state index contributed by atoms with van der Waals surface area (Å²) in [5.74, 6) is 0.271. The Balaban J connectivity index is 2.01. The van der Waals surface area contributed by atoms with Crippen molar-refractivity contribution in [3.05, 3.63) is 34.9 Å². The minimum Gasteiger partial charge on any atom is -0.234 e. The lowest BCUT2D eigenvalue weighted by Gasteiger charge is -2.15. The summed E-state index contributed by atoms with van der Waals surface area (Å²) in [5.41, 5.74) is 1.54. The molecule has 1 aromatic carbocycles. The van der Waals surface area contributed by atoms with Crippen LogP contribution < -0.4 is 0 Å². The first kappa shape index (κ1) is 14.8. The molecule has 0 spiro atoms. The van der Waals surface area contributed by atoms with Crippen LogP contribution in [0.4, 0.5) is 13.2 Å². The summed E-state index contributed by atoms with van der Waals surface area (Å²) in [6, 6.07) is 3.78. The van der Waals surface area contributed by atoms with Gasteiger partial charge in [0, 0.05) is 11.5 Å². The Hall–Kier alpha value is -1.17. The molecule has 0 unspecified atom stereocenters. The second kappa shape index (κ2) is 4.41. The van der Waals surface area contributed by atoms with Gasteiger partial charge >= 0.3 is 6.18 Å². The van der Waals surface area contributed by atoms with Gasteiger partial charge in [0.1, 0.15) is 11.0 Å². The van der Waals surface area contributed by atoms with Gasteiger partial charge in [-0.2, -0.15) is 17.6 Å². The first-order chi connectivity index (χ1) is 9.59. The summed E-state index contributed by atoms with van der Waals surface area (Å²) in [6.07, 6.45) is -3.51. The lowest BCUT2D eigenvalue weighted by molar-refractivity contribution is -0.137. The van der Waals surface area contributed by atoms with Crippen LogP contribution in [0.3, 0.4) is 0 Å². The van der Waals surface area contributed by atoms with Gasteiger partial charge in [0.05, 0.1) is 16.0 Å². The van der Waals surface area contributed by atoms with Crippen LogP contribution in [-0.4, -0.2) is 14.7 Å². The summed E-state index contributed by atoms with van der Waals surface area (Å²) >= 11 is 0. The van der Waals surface area contributed by atoms with Crippen molar-refractivity contribution in [2.24, 2.45) is 10.3 Å². The highest BCUT2D eigenvalue weighted by Crippen LogP contribution is 2.57. The maximum atomic E-state index is 12.8. The molecule has 1 fully saturated rings. The summed E-state index contributed by atoms with van der Waals surface area (Å²) in [6.45, 7) is 5.50. The topological polar surface area (TPSA) is 29.4 Å². The Morgan fingerprint density at radius 2 is 1.86 bits per heavy atom. The van der Waals surface area contributed by atoms with Crippen LogP contribution in [0.2, 0.25) is 0 Å². The Kier molecular flexibility index (Phi) is 3.10. The normalized spacial score (nSPS) is 27.4. The molecule has 0 aliphatic heterocycles. The number of halogens is 3. The van der Waals surface area contributed by atoms with Crippen molar-refractivity contribution in [2.75, 3.05) is 0 Å². The lowest BCUT2D eigenvalue weighted by atomic mass is 10.0. The minimum atomic E-state index is -4.33. The fourth-order valence-corrected chi connectivity index (χ4v) is 3.35. The molecule has 2 aliphatic rings. The first-order valence-electron chi connectivity index (χ1n) is 6.81. The second-order valence-electron chi connectivity index (χ2n) is 6.59. The van der Waals surface area contributed by atoms with Crippen molar-refractivity contribution < 1.29 is 17.4 Å². The predicted octanol–water partition coefficient (Wildman–Crippen LogP) is 4.07. The Morgan fingerprint density at radius 3 is 2.43 bits per heavy atom. The molecule has 3 rings (SSSR count). The molecular formula is C15H16F3NOS. The van der Waals surface area contributed by atoms with Crippen molar-refractivity contribution >= 4 is 16.7 Å². The summed E-state index contributed by atoms with van der Waals surface area (Å²) in [7, 11) is -1.39. The van der Waals surface area contributed by atoms with Gasteiger partial charge in [-0.05, 0) is 50.8 Å². The van der Waals surface area contributed by atoms with Crippen LogP contribution in [-0.2, 0) is 17.2 Å². The van der Waals surface area contributed by atoms with Gasteiger partial charge in [-0.3, -0.25) is 0 Å². The smallest absolute Gasteiger partial charge is 0.234 e.